The normalized spacial score (nSPS) is 12.2. The maximum Gasteiger partial charge on any atom is 0.191 e. The zero-order valence-corrected chi connectivity index (χ0v) is 11.2. The summed E-state index contributed by atoms with van der Waals surface area (Å²) in [7, 11) is 0. The SMILES string of the molecule is CCN(CC)C(N)=NCCCOCC(C)C. The Morgan fingerprint density at radius 2 is 1.94 bits per heavy atom. The van der Waals surface area contributed by atoms with Crippen LogP contribution in [0.5, 0.6) is 0 Å². The van der Waals surface area contributed by atoms with Crippen molar-refractivity contribution >= 4 is 5.96 Å². The average molecular weight is 229 g/mol. The molecule has 0 aromatic heterocycles. The van der Waals surface area contributed by atoms with Gasteiger partial charge >= 0.3 is 0 Å². The number of nitrogens with two attached hydrogens (primary N) is 1. The third-order valence-corrected chi connectivity index (χ3v) is 2.26. The summed E-state index contributed by atoms with van der Waals surface area (Å²) >= 11 is 0. The van der Waals surface area contributed by atoms with Gasteiger partial charge in [0.25, 0.3) is 0 Å². The number of aliphatic imine (C=N–C) groups is 1. The highest BCUT2D eigenvalue weighted by Crippen LogP contribution is 1.94. The molecule has 0 fully saturated rings. The highest BCUT2D eigenvalue weighted by Gasteiger charge is 2.00. The van der Waals surface area contributed by atoms with Gasteiger partial charge in [0, 0.05) is 32.8 Å². The third-order valence-electron chi connectivity index (χ3n) is 2.26. The van der Waals surface area contributed by atoms with Crippen molar-refractivity contribution in [3.63, 3.8) is 0 Å². The molecule has 0 rings (SSSR count). The lowest BCUT2D eigenvalue weighted by molar-refractivity contribution is 0.109. The van der Waals surface area contributed by atoms with E-state index in [9.17, 15) is 0 Å². The molecule has 0 aliphatic carbocycles. The standard InChI is InChI=1S/C12H27N3O/c1-5-15(6-2)12(13)14-8-7-9-16-10-11(3)4/h11H,5-10H2,1-4H3,(H2,13,14). The second-order valence-electron chi connectivity index (χ2n) is 4.23. The van der Waals surface area contributed by atoms with Gasteiger partial charge in [0.1, 0.15) is 0 Å². The Kier molecular flexibility index (Phi) is 9.00. The van der Waals surface area contributed by atoms with Crippen molar-refractivity contribution in [3.8, 4) is 0 Å². The summed E-state index contributed by atoms with van der Waals surface area (Å²) in [4.78, 5) is 6.37. The van der Waals surface area contributed by atoms with Crippen LogP contribution in [0.25, 0.3) is 0 Å². The smallest absolute Gasteiger partial charge is 0.191 e. The second-order valence-corrected chi connectivity index (χ2v) is 4.23. The van der Waals surface area contributed by atoms with Crippen molar-refractivity contribution in [2.75, 3.05) is 32.8 Å². The molecule has 4 nitrogen and oxygen atoms in total. The van der Waals surface area contributed by atoms with Gasteiger partial charge in [0.2, 0.25) is 0 Å². The largest absolute Gasteiger partial charge is 0.381 e. The Balaban J connectivity index is 3.58. The number of rotatable bonds is 8. The molecule has 0 radical (unpaired) electrons. The molecule has 2 N–H and O–H groups in total. The zero-order valence-electron chi connectivity index (χ0n) is 11.2. The van der Waals surface area contributed by atoms with Gasteiger partial charge in [-0.25, -0.2) is 0 Å². The molecule has 0 aromatic rings. The van der Waals surface area contributed by atoms with Crippen molar-refractivity contribution in [1.82, 2.24) is 4.90 Å². The molecule has 4 heteroatoms. The predicted molar refractivity (Wildman–Crippen MR) is 69.7 cm³/mol. The lowest BCUT2D eigenvalue weighted by Crippen LogP contribution is -2.37. The zero-order chi connectivity index (χ0) is 12.4. The van der Waals surface area contributed by atoms with Crippen LogP contribution in [0.2, 0.25) is 0 Å². The second kappa shape index (κ2) is 9.46. The number of hydrogen-bond donors (Lipinski definition) is 1. The number of nitrogens with zero attached hydrogens (tertiary/aromatic N) is 2. The Morgan fingerprint density at radius 1 is 1.31 bits per heavy atom. The summed E-state index contributed by atoms with van der Waals surface area (Å²) in [6.07, 6.45) is 0.939. The minimum absolute atomic E-state index is 0.601. The van der Waals surface area contributed by atoms with Crippen molar-refractivity contribution in [3.05, 3.63) is 0 Å². The molecule has 0 atom stereocenters. The van der Waals surface area contributed by atoms with E-state index in [1.165, 1.54) is 0 Å². The first-order chi connectivity index (χ1) is 7.61. The fourth-order valence-electron chi connectivity index (χ4n) is 1.33. The van der Waals surface area contributed by atoms with Crippen LogP contribution in [-0.4, -0.2) is 43.7 Å². The topological polar surface area (TPSA) is 50.8 Å². The first-order valence-corrected chi connectivity index (χ1v) is 6.24. The molecule has 0 heterocycles. The Bertz CT molecular complexity index is 189. The van der Waals surface area contributed by atoms with Crippen molar-refractivity contribution < 1.29 is 4.74 Å². The number of hydrogen-bond acceptors (Lipinski definition) is 2. The molecule has 0 spiro atoms. The first kappa shape index (κ1) is 15.2. The van der Waals surface area contributed by atoms with Crippen LogP contribution in [-0.2, 0) is 4.74 Å². The van der Waals surface area contributed by atoms with Gasteiger partial charge < -0.3 is 15.4 Å². The average Bonchev–Trinajstić information content (AvgIpc) is 2.24. The van der Waals surface area contributed by atoms with Crippen molar-refractivity contribution in [1.29, 1.82) is 0 Å². The van der Waals surface area contributed by atoms with E-state index in [1.54, 1.807) is 0 Å². The van der Waals surface area contributed by atoms with Gasteiger partial charge in [-0.05, 0) is 26.2 Å². The van der Waals surface area contributed by atoms with Gasteiger partial charge in [0.05, 0.1) is 0 Å². The van der Waals surface area contributed by atoms with Gasteiger partial charge in [-0.2, -0.15) is 0 Å². The first-order valence-electron chi connectivity index (χ1n) is 6.24. The molecule has 0 saturated carbocycles. The van der Waals surface area contributed by atoms with Crippen LogP contribution in [0.15, 0.2) is 4.99 Å². The molecular weight excluding hydrogens is 202 g/mol. The minimum atomic E-state index is 0.601. The number of guanidine groups is 1. The van der Waals surface area contributed by atoms with Crippen LogP contribution in [0.4, 0.5) is 0 Å². The molecule has 0 unspecified atom stereocenters. The van der Waals surface area contributed by atoms with Gasteiger partial charge in [-0.15, -0.1) is 0 Å². The highest BCUT2D eigenvalue weighted by molar-refractivity contribution is 5.77. The Hall–Kier alpha value is -0.770. The van der Waals surface area contributed by atoms with E-state index in [4.69, 9.17) is 10.5 Å². The van der Waals surface area contributed by atoms with E-state index >= 15 is 0 Å². The molecule has 0 amide bonds. The van der Waals surface area contributed by atoms with Crippen LogP contribution in [0, 0.1) is 5.92 Å². The van der Waals surface area contributed by atoms with Crippen LogP contribution < -0.4 is 5.73 Å². The number of ether oxygens (including phenoxy) is 1. The van der Waals surface area contributed by atoms with Gasteiger partial charge in [-0.3, -0.25) is 4.99 Å². The van der Waals surface area contributed by atoms with Gasteiger partial charge in [0.15, 0.2) is 5.96 Å². The van der Waals surface area contributed by atoms with Crippen LogP contribution in [0.1, 0.15) is 34.1 Å². The summed E-state index contributed by atoms with van der Waals surface area (Å²) in [5, 5.41) is 0. The van der Waals surface area contributed by atoms with Crippen molar-refractivity contribution in [2.45, 2.75) is 34.1 Å². The third kappa shape index (κ3) is 7.51. The molecule has 16 heavy (non-hydrogen) atoms. The molecular formula is C12H27N3O. The summed E-state index contributed by atoms with van der Waals surface area (Å²) in [6.45, 7) is 12.6. The molecule has 0 aliphatic rings. The van der Waals surface area contributed by atoms with E-state index in [-0.39, 0.29) is 0 Å². The quantitative estimate of drug-likeness (QED) is 0.391. The minimum Gasteiger partial charge on any atom is -0.381 e. The van der Waals surface area contributed by atoms with E-state index in [1.807, 2.05) is 0 Å². The summed E-state index contributed by atoms with van der Waals surface area (Å²) in [5.41, 5.74) is 5.84. The summed E-state index contributed by atoms with van der Waals surface area (Å²) in [5.74, 6) is 1.25. The lowest BCUT2D eigenvalue weighted by Gasteiger charge is -2.19. The summed E-state index contributed by atoms with van der Waals surface area (Å²) in [6, 6.07) is 0. The van der Waals surface area contributed by atoms with E-state index in [2.05, 4.69) is 37.6 Å². The van der Waals surface area contributed by atoms with E-state index < -0.39 is 0 Å². The monoisotopic (exact) mass is 229 g/mol. The predicted octanol–water partition coefficient (Wildman–Crippen LogP) is 1.71. The van der Waals surface area contributed by atoms with Crippen molar-refractivity contribution in [2.24, 2.45) is 16.6 Å². The Morgan fingerprint density at radius 3 is 2.44 bits per heavy atom. The van der Waals surface area contributed by atoms with Crippen LogP contribution >= 0.6 is 0 Å². The van der Waals surface area contributed by atoms with E-state index in [0.29, 0.717) is 11.9 Å². The maximum absolute atomic E-state index is 5.84. The molecule has 0 bridgehead atoms. The molecule has 0 aromatic carbocycles. The molecule has 0 aliphatic heterocycles. The fraction of sp³-hybridized carbons (Fsp3) is 0.917. The molecule has 96 valence electrons. The Labute approximate surface area is 99.9 Å². The van der Waals surface area contributed by atoms with E-state index in [0.717, 1.165) is 39.3 Å². The maximum atomic E-state index is 5.84. The summed E-state index contributed by atoms with van der Waals surface area (Å²) < 4.78 is 5.47. The van der Waals surface area contributed by atoms with Gasteiger partial charge in [-0.1, -0.05) is 13.8 Å². The lowest BCUT2D eigenvalue weighted by atomic mass is 10.2. The van der Waals surface area contributed by atoms with Crippen LogP contribution in [0.3, 0.4) is 0 Å². The highest BCUT2D eigenvalue weighted by atomic mass is 16.5. The fourth-order valence-corrected chi connectivity index (χ4v) is 1.33. The molecule has 0 saturated heterocycles.